The van der Waals surface area contributed by atoms with Crippen LogP contribution in [0.25, 0.3) is 21.5 Å². The van der Waals surface area contributed by atoms with Crippen LogP contribution in [0.3, 0.4) is 0 Å². The van der Waals surface area contributed by atoms with Crippen LogP contribution in [-0.2, 0) is 38.8 Å². The van der Waals surface area contributed by atoms with E-state index in [1.165, 1.54) is 124 Å². The molecule has 2 aromatic heterocycles. The molecule has 0 unspecified atom stereocenters. The number of fused-ring (bicyclic) bond motifs is 2. The predicted molar refractivity (Wildman–Crippen MR) is 239 cm³/mol. The Morgan fingerprint density at radius 2 is 0.630 bits per heavy atom. The molecule has 0 aliphatic heterocycles. The summed E-state index contributed by atoms with van der Waals surface area (Å²) in [5, 5.41) is 7.56. The van der Waals surface area contributed by atoms with E-state index in [1.54, 1.807) is 22.3 Å². The predicted octanol–water partition coefficient (Wildman–Crippen LogP) is 13.3. The maximum Gasteiger partial charge on any atom is 0.176 e. The van der Waals surface area contributed by atoms with Crippen molar-refractivity contribution in [3.8, 4) is 0 Å². The summed E-state index contributed by atoms with van der Waals surface area (Å²) in [6.07, 6.45) is 29.4. The second kappa shape index (κ2) is 24.9. The van der Waals surface area contributed by atoms with E-state index >= 15 is 0 Å². The van der Waals surface area contributed by atoms with E-state index in [1.807, 2.05) is 0 Å². The third-order valence-electron chi connectivity index (χ3n) is 10.6. The smallest absolute Gasteiger partial charge is 0.176 e. The summed E-state index contributed by atoms with van der Waals surface area (Å²) < 4.78 is 4.68. The Bertz CT molecular complexity index is 1800. The van der Waals surface area contributed by atoms with Gasteiger partial charge in [0.25, 0.3) is 0 Å². The summed E-state index contributed by atoms with van der Waals surface area (Å²) in [5.74, 6) is 0. The van der Waals surface area contributed by atoms with Crippen LogP contribution in [-0.4, -0.2) is 10.7 Å². The maximum absolute atomic E-state index is 3.50. The first-order chi connectivity index (χ1) is 26.7. The summed E-state index contributed by atoms with van der Waals surface area (Å²) in [6.45, 7) is 2.20. The van der Waals surface area contributed by atoms with Crippen molar-refractivity contribution in [2.45, 2.75) is 116 Å². The number of pyridine rings is 2. The Morgan fingerprint density at radius 3 is 0.981 bits per heavy atom. The largest absolute Gasteiger partial charge is 0.205 e. The van der Waals surface area contributed by atoms with E-state index in [2.05, 4.69) is 175 Å². The molecule has 2 heterocycles. The third kappa shape index (κ3) is 14.7. The number of hydrogen-bond donors (Lipinski definition) is 0. The topological polar surface area (TPSA) is 7.76 Å². The molecule has 0 atom stereocenters. The van der Waals surface area contributed by atoms with Crippen LogP contribution < -0.4 is 9.13 Å². The third-order valence-corrected chi connectivity index (χ3v) is 11.7. The standard InChI is InChI=1S/C34H38N2.C16H24Br2/c1(11-23-35-25-21-31-17-7-9-19-33(31)27-35)3-13-29-15-5-6-16-30(29)14-4-2-12-24-36-26-22-32-18-8-10-20-34(32)28-36;17-13-7-1-3-9-15-11-5-6-12-16(15)10-4-2-8-14-18/h5-10,15-22,25-28H,1-4,11-14,23-24H2;5-6,11-12H,1-4,7-10,13-14H2/q+2;. The zero-order valence-corrected chi connectivity index (χ0v) is 35.7. The first-order valence-electron chi connectivity index (χ1n) is 20.7. The first-order valence-corrected chi connectivity index (χ1v) is 23.0. The molecule has 54 heavy (non-hydrogen) atoms. The lowest BCUT2D eigenvalue weighted by Crippen LogP contribution is -2.32. The zero-order valence-electron chi connectivity index (χ0n) is 32.5. The number of halogens is 2. The van der Waals surface area contributed by atoms with Crippen molar-refractivity contribution in [3.63, 3.8) is 0 Å². The number of rotatable bonds is 22. The second-order valence-electron chi connectivity index (χ2n) is 14.8. The van der Waals surface area contributed by atoms with Gasteiger partial charge in [0.1, 0.15) is 13.1 Å². The van der Waals surface area contributed by atoms with Gasteiger partial charge in [-0.25, -0.2) is 9.13 Å². The lowest BCUT2D eigenvalue weighted by molar-refractivity contribution is -0.696. The van der Waals surface area contributed by atoms with Crippen LogP contribution in [0, 0.1) is 0 Å². The van der Waals surface area contributed by atoms with E-state index in [4.69, 9.17) is 0 Å². The van der Waals surface area contributed by atoms with Gasteiger partial charge in [-0.2, -0.15) is 0 Å². The van der Waals surface area contributed by atoms with Crippen molar-refractivity contribution in [3.05, 3.63) is 156 Å². The number of aryl methyl sites for hydroxylation is 6. The Morgan fingerprint density at radius 1 is 0.315 bits per heavy atom. The van der Waals surface area contributed by atoms with Gasteiger partial charge in [-0.05, 0) is 122 Å². The molecule has 4 aromatic carbocycles. The highest BCUT2D eigenvalue weighted by Crippen LogP contribution is 2.18. The van der Waals surface area contributed by atoms with E-state index in [-0.39, 0.29) is 0 Å². The number of hydrogen-bond acceptors (Lipinski definition) is 0. The molecule has 4 heteroatoms. The monoisotopic (exact) mass is 848 g/mol. The van der Waals surface area contributed by atoms with Gasteiger partial charge in [0.2, 0.25) is 0 Å². The number of unbranched alkanes of at least 4 members (excludes halogenated alkanes) is 8. The van der Waals surface area contributed by atoms with Gasteiger partial charge in [0, 0.05) is 46.4 Å². The summed E-state index contributed by atoms with van der Waals surface area (Å²) in [7, 11) is 0. The fraction of sp³-hybridized carbons (Fsp3) is 0.400. The van der Waals surface area contributed by atoms with Crippen LogP contribution in [0.1, 0.15) is 99.3 Å². The van der Waals surface area contributed by atoms with Crippen molar-refractivity contribution < 1.29 is 9.13 Å². The molecule has 0 fully saturated rings. The Hall–Kier alpha value is -3.34. The SMILES string of the molecule is BrCCCCCc1ccccc1CCCCCBr.c1ccc(CCCCC[n+]2ccc3ccccc3c2)c(CCCCC[n+]2ccc3ccccc3c2)c1. The van der Waals surface area contributed by atoms with E-state index in [0.717, 1.165) is 23.7 Å². The highest BCUT2D eigenvalue weighted by molar-refractivity contribution is 9.09. The minimum absolute atomic E-state index is 1.10. The molecule has 0 radical (unpaired) electrons. The molecule has 0 aliphatic carbocycles. The zero-order chi connectivity index (χ0) is 37.5. The maximum atomic E-state index is 3.50. The fourth-order valence-electron chi connectivity index (χ4n) is 7.47. The molecule has 0 aliphatic rings. The normalized spacial score (nSPS) is 11.1. The van der Waals surface area contributed by atoms with E-state index in [9.17, 15) is 0 Å². The van der Waals surface area contributed by atoms with Crippen LogP contribution in [0.4, 0.5) is 0 Å². The first kappa shape index (κ1) is 41.8. The van der Waals surface area contributed by atoms with Crippen LogP contribution in [0.15, 0.2) is 134 Å². The van der Waals surface area contributed by atoms with Gasteiger partial charge < -0.3 is 0 Å². The molecule has 0 spiro atoms. The van der Waals surface area contributed by atoms with E-state index in [0.29, 0.717) is 0 Å². The molecule has 0 saturated carbocycles. The average Bonchev–Trinajstić information content (AvgIpc) is 3.22. The van der Waals surface area contributed by atoms with Crippen molar-refractivity contribution in [2.24, 2.45) is 0 Å². The van der Waals surface area contributed by atoms with Gasteiger partial charge in [-0.15, -0.1) is 0 Å². The number of benzene rings is 4. The molecule has 6 aromatic rings. The summed E-state index contributed by atoms with van der Waals surface area (Å²) in [4.78, 5) is 0. The summed E-state index contributed by atoms with van der Waals surface area (Å²) in [5.41, 5.74) is 6.26. The van der Waals surface area contributed by atoms with E-state index < -0.39 is 0 Å². The fourth-order valence-corrected chi connectivity index (χ4v) is 8.26. The average molecular weight is 851 g/mol. The molecule has 284 valence electrons. The lowest BCUT2D eigenvalue weighted by Gasteiger charge is -2.09. The molecule has 0 saturated heterocycles. The van der Waals surface area contributed by atoms with Crippen molar-refractivity contribution >= 4 is 53.4 Å². The summed E-state index contributed by atoms with van der Waals surface area (Å²) >= 11 is 6.99. The number of nitrogens with zero attached hydrogens (tertiary/aromatic N) is 2. The molecular weight excluding hydrogens is 788 g/mol. The quantitative estimate of drug-likeness (QED) is 0.0365. The van der Waals surface area contributed by atoms with Crippen LogP contribution in [0.5, 0.6) is 0 Å². The molecule has 0 amide bonds. The van der Waals surface area contributed by atoms with Gasteiger partial charge in [0.15, 0.2) is 24.8 Å². The highest BCUT2D eigenvalue weighted by atomic mass is 79.9. The Balaban J connectivity index is 0.000000263. The second-order valence-corrected chi connectivity index (χ2v) is 16.4. The van der Waals surface area contributed by atoms with Gasteiger partial charge in [-0.3, -0.25) is 0 Å². The minimum atomic E-state index is 1.10. The van der Waals surface area contributed by atoms with Gasteiger partial charge >= 0.3 is 0 Å². The van der Waals surface area contributed by atoms with Crippen LogP contribution >= 0.6 is 31.9 Å². The lowest BCUT2D eigenvalue weighted by atomic mass is 9.97. The van der Waals surface area contributed by atoms with Gasteiger partial charge in [-0.1, -0.05) is 130 Å². The number of aromatic nitrogens is 2. The van der Waals surface area contributed by atoms with Crippen molar-refractivity contribution in [1.82, 2.24) is 0 Å². The Labute approximate surface area is 343 Å². The van der Waals surface area contributed by atoms with Crippen molar-refractivity contribution in [2.75, 3.05) is 10.7 Å². The van der Waals surface area contributed by atoms with Gasteiger partial charge in [0.05, 0.1) is 0 Å². The summed E-state index contributed by atoms with van der Waals surface area (Å²) in [6, 6.07) is 39.8. The minimum Gasteiger partial charge on any atom is -0.205 e. The molecule has 0 bridgehead atoms. The molecule has 0 N–H and O–H groups in total. The van der Waals surface area contributed by atoms with Crippen LogP contribution in [0.2, 0.25) is 0 Å². The highest BCUT2D eigenvalue weighted by Gasteiger charge is 2.07. The Kier molecular flexibility index (Phi) is 19.3. The molecular formula is C50H62Br2N2+2. The molecule has 6 rings (SSSR count). The number of alkyl halides is 2. The van der Waals surface area contributed by atoms with Crippen molar-refractivity contribution in [1.29, 1.82) is 0 Å². The molecule has 2 nitrogen and oxygen atoms in total.